The van der Waals surface area contributed by atoms with Crippen molar-refractivity contribution in [3.8, 4) is 0 Å². The fraction of sp³-hybridized carbons (Fsp3) is 0.933. The first kappa shape index (κ1) is 14.3. The Bertz CT molecular complexity index is 344. The Labute approximate surface area is 121 Å². The van der Waals surface area contributed by atoms with Gasteiger partial charge < -0.3 is 15.0 Å². The first-order chi connectivity index (χ1) is 9.74. The Morgan fingerprint density at radius 1 is 1.25 bits per heavy atom. The zero-order chi connectivity index (χ0) is 13.9. The van der Waals surface area contributed by atoms with E-state index >= 15 is 0 Å². The second kappa shape index (κ2) is 6.41. The highest BCUT2D eigenvalue weighted by atomic mass is 16.5. The first-order valence-corrected chi connectivity index (χ1v) is 8.10. The van der Waals surface area contributed by atoms with Crippen LogP contribution in [0.4, 0.5) is 0 Å². The summed E-state index contributed by atoms with van der Waals surface area (Å²) in [4.78, 5) is 17.0. The summed E-state index contributed by atoms with van der Waals surface area (Å²) in [5.74, 6) is 0.183. The number of hydrogen-bond donors (Lipinski definition) is 1. The van der Waals surface area contributed by atoms with Gasteiger partial charge >= 0.3 is 0 Å². The van der Waals surface area contributed by atoms with Gasteiger partial charge in [0, 0.05) is 25.2 Å². The van der Waals surface area contributed by atoms with Gasteiger partial charge in [0.25, 0.3) is 0 Å². The lowest BCUT2D eigenvalue weighted by atomic mass is 10.1. The lowest BCUT2D eigenvalue weighted by Gasteiger charge is -2.42. The van der Waals surface area contributed by atoms with Crippen LogP contribution in [-0.2, 0) is 9.53 Å². The number of amides is 1. The molecule has 5 heteroatoms. The fourth-order valence-corrected chi connectivity index (χ4v) is 3.77. The molecule has 3 rings (SSSR count). The normalized spacial score (nSPS) is 32.4. The molecule has 3 saturated heterocycles. The van der Waals surface area contributed by atoms with Crippen LogP contribution in [0.5, 0.6) is 0 Å². The zero-order valence-electron chi connectivity index (χ0n) is 12.5. The maximum Gasteiger partial charge on any atom is 0.248 e. The van der Waals surface area contributed by atoms with E-state index in [0.29, 0.717) is 12.1 Å². The van der Waals surface area contributed by atoms with Crippen molar-refractivity contribution in [3.05, 3.63) is 0 Å². The minimum atomic E-state index is 0.183. The number of rotatable bonds is 3. The third kappa shape index (κ3) is 3.15. The summed E-state index contributed by atoms with van der Waals surface area (Å²) >= 11 is 0. The van der Waals surface area contributed by atoms with E-state index in [1.54, 1.807) is 0 Å². The smallest absolute Gasteiger partial charge is 0.248 e. The molecule has 1 amide bonds. The molecule has 3 heterocycles. The van der Waals surface area contributed by atoms with Crippen molar-refractivity contribution < 1.29 is 9.53 Å². The lowest BCUT2D eigenvalue weighted by molar-refractivity contribution is -0.144. The molecule has 2 unspecified atom stereocenters. The van der Waals surface area contributed by atoms with Gasteiger partial charge in [0.1, 0.15) is 6.61 Å². The highest BCUT2D eigenvalue weighted by molar-refractivity contribution is 5.78. The van der Waals surface area contributed by atoms with Crippen molar-refractivity contribution in [3.63, 3.8) is 0 Å². The molecule has 0 aromatic carbocycles. The summed E-state index contributed by atoms with van der Waals surface area (Å²) in [6.07, 6.45) is 4.85. The molecule has 3 aliphatic rings. The standard InChI is InChI=1S/C15H27N3O2/c1-12-9-17-8-2-3-13(17)10-18(12)15(19)11-20-14-4-6-16-7-5-14/h12-14,16H,2-11H2,1H3. The number of carbonyl (C=O) groups is 1. The van der Waals surface area contributed by atoms with E-state index in [-0.39, 0.29) is 18.6 Å². The molecule has 0 aromatic heterocycles. The minimum Gasteiger partial charge on any atom is -0.368 e. The van der Waals surface area contributed by atoms with E-state index < -0.39 is 0 Å². The third-order valence-electron chi connectivity index (χ3n) is 4.99. The van der Waals surface area contributed by atoms with Crippen LogP contribution in [0.2, 0.25) is 0 Å². The Morgan fingerprint density at radius 2 is 2.05 bits per heavy atom. The molecule has 5 nitrogen and oxygen atoms in total. The monoisotopic (exact) mass is 281 g/mol. The molecular weight excluding hydrogens is 254 g/mol. The minimum absolute atomic E-state index is 0.183. The third-order valence-corrected chi connectivity index (χ3v) is 4.99. The lowest BCUT2D eigenvalue weighted by Crippen LogP contribution is -2.57. The van der Waals surface area contributed by atoms with Gasteiger partial charge in [0.05, 0.1) is 6.10 Å². The second-order valence-corrected chi connectivity index (χ2v) is 6.45. The predicted molar refractivity (Wildman–Crippen MR) is 77.6 cm³/mol. The molecular formula is C15H27N3O2. The molecule has 0 saturated carbocycles. The average Bonchev–Trinajstić information content (AvgIpc) is 2.92. The van der Waals surface area contributed by atoms with E-state index in [1.807, 2.05) is 4.90 Å². The van der Waals surface area contributed by atoms with Crippen molar-refractivity contribution in [2.45, 2.75) is 50.8 Å². The maximum absolute atomic E-state index is 12.4. The molecule has 2 atom stereocenters. The molecule has 0 spiro atoms. The number of hydrogen-bond acceptors (Lipinski definition) is 4. The van der Waals surface area contributed by atoms with Gasteiger partial charge in [-0.3, -0.25) is 9.69 Å². The van der Waals surface area contributed by atoms with Crippen LogP contribution in [0.3, 0.4) is 0 Å². The highest BCUT2D eigenvalue weighted by Gasteiger charge is 2.36. The SMILES string of the molecule is CC1CN2CCCC2CN1C(=O)COC1CCNCC1. The van der Waals surface area contributed by atoms with Crippen molar-refractivity contribution in [2.75, 3.05) is 39.3 Å². The number of carbonyl (C=O) groups excluding carboxylic acids is 1. The van der Waals surface area contributed by atoms with E-state index in [1.165, 1.54) is 19.4 Å². The second-order valence-electron chi connectivity index (χ2n) is 6.45. The predicted octanol–water partition coefficient (Wildman–Crippen LogP) is 0.450. The molecule has 3 fully saturated rings. The van der Waals surface area contributed by atoms with Gasteiger partial charge in [-0.15, -0.1) is 0 Å². The van der Waals surface area contributed by atoms with Gasteiger partial charge in [0.2, 0.25) is 5.91 Å². The fourth-order valence-electron chi connectivity index (χ4n) is 3.77. The van der Waals surface area contributed by atoms with Gasteiger partial charge in [-0.25, -0.2) is 0 Å². The zero-order valence-corrected chi connectivity index (χ0v) is 12.5. The van der Waals surface area contributed by atoms with Crippen molar-refractivity contribution >= 4 is 5.91 Å². The summed E-state index contributed by atoms with van der Waals surface area (Å²) in [5.41, 5.74) is 0. The Kier molecular flexibility index (Phi) is 4.58. The van der Waals surface area contributed by atoms with Crippen LogP contribution >= 0.6 is 0 Å². The summed E-state index contributed by atoms with van der Waals surface area (Å²) < 4.78 is 5.81. The molecule has 114 valence electrons. The number of nitrogens with one attached hydrogen (secondary N) is 1. The van der Waals surface area contributed by atoms with E-state index in [0.717, 1.165) is 39.0 Å². The summed E-state index contributed by atoms with van der Waals surface area (Å²) in [6.45, 7) is 7.59. The van der Waals surface area contributed by atoms with Crippen molar-refractivity contribution in [1.82, 2.24) is 15.1 Å². The summed E-state index contributed by atoms with van der Waals surface area (Å²) in [7, 11) is 0. The largest absolute Gasteiger partial charge is 0.368 e. The topological polar surface area (TPSA) is 44.8 Å². The van der Waals surface area contributed by atoms with Crippen LogP contribution in [0.1, 0.15) is 32.6 Å². The van der Waals surface area contributed by atoms with Crippen LogP contribution in [0.15, 0.2) is 0 Å². The summed E-state index contributed by atoms with van der Waals surface area (Å²) in [5, 5.41) is 3.32. The van der Waals surface area contributed by atoms with Crippen molar-refractivity contribution in [1.29, 1.82) is 0 Å². The molecule has 0 bridgehead atoms. The van der Waals surface area contributed by atoms with E-state index in [9.17, 15) is 4.79 Å². The molecule has 0 radical (unpaired) electrons. The van der Waals surface area contributed by atoms with Gasteiger partial charge in [-0.2, -0.15) is 0 Å². The molecule has 1 N–H and O–H groups in total. The van der Waals surface area contributed by atoms with Crippen LogP contribution in [0, 0.1) is 0 Å². The number of fused-ring (bicyclic) bond motifs is 1. The summed E-state index contributed by atoms with van der Waals surface area (Å²) in [6, 6.07) is 0.919. The average molecular weight is 281 g/mol. The van der Waals surface area contributed by atoms with Crippen molar-refractivity contribution in [2.24, 2.45) is 0 Å². The Morgan fingerprint density at radius 3 is 2.85 bits per heavy atom. The number of nitrogens with zero attached hydrogens (tertiary/aromatic N) is 2. The van der Waals surface area contributed by atoms with Crippen LogP contribution in [0.25, 0.3) is 0 Å². The van der Waals surface area contributed by atoms with Gasteiger partial charge in [-0.05, 0) is 52.2 Å². The Balaban J connectivity index is 1.48. The van der Waals surface area contributed by atoms with E-state index in [2.05, 4.69) is 17.1 Å². The molecule has 3 aliphatic heterocycles. The quantitative estimate of drug-likeness (QED) is 0.816. The number of piperidine rings is 1. The molecule has 0 aromatic rings. The highest BCUT2D eigenvalue weighted by Crippen LogP contribution is 2.24. The number of ether oxygens (including phenoxy) is 1. The van der Waals surface area contributed by atoms with Gasteiger partial charge in [-0.1, -0.05) is 0 Å². The van der Waals surface area contributed by atoms with Gasteiger partial charge in [0.15, 0.2) is 0 Å². The Hall–Kier alpha value is -0.650. The van der Waals surface area contributed by atoms with E-state index in [4.69, 9.17) is 4.74 Å². The van der Waals surface area contributed by atoms with Crippen LogP contribution < -0.4 is 5.32 Å². The number of piperazine rings is 1. The van der Waals surface area contributed by atoms with Crippen LogP contribution in [-0.4, -0.2) is 73.2 Å². The molecule has 0 aliphatic carbocycles. The molecule has 20 heavy (non-hydrogen) atoms. The first-order valence-electron chi connectivity index (χ1n) is 8.10. The maximum atomic E-state index is 12.4.